The number of unbranched alkanes of at least 4 members (excludes halogenated alkanes) is 1. The molecule has 0 atom stereocenters. The normalized spacial score (nSPS) is 18.1. The van der Waals surface area contributed by atoms with E-state index in [1.165, 1.54) is 38.5 Å². The minimum absolute atomic E-state index is 0.151. The first-order chi connectivity index (χ1) is 7.83. The monoisotopic (exact) mass is 226 g/mol. The van der Waals surface area contributed by atoms with Crippen molar-refractivity contribution in [3.63, 3.8) is 0 Å². The van der Waals surface area contributed by atoms with Gasteiger partial charge in [-0.25, -0.2) is 0 Å². The molecule has 1 amide bonds. The van der Waals surface area contributed by atoms with Gasteiger partial charge in [-0.1, -0.05) is 39.0 Å². The summed E-state index contributed by atoms with van der Waals surface area (Å²) in [5.41, 5.74) is 0. The second kappa shape index (κ2) is 8.57. The van der Waals surface area contributed by atoms with Gasteiger partial charge in [-0.3, -0.25) is 4.79 Å². The second-order valence-electron chi connectivity index (χ2n) is 4.77. The number of rotatable bonds is 6. The summed E-state index contributed by atoms with van der Waals surface area (Å²) >= 11 is 0. The van der Waals surface area contributed by atoms with Crippen molar-refractivity contribution in [3.8, 4) is 0 Å². The summed E-state index contributed by atoms with van der Waals surface area (Å²) < 4.78 is 0. The summed E-state index contributed by atoms with van der Waals surface area (Å²) in [5, 5.41) is 6.31. The van der Waals surface area contributed by atoms with Gasteiger partial charge in [-0.2, -0.15) is 0 Å². The number of hydrogen-bond acceptors (Lipinski definition) is 2. The molecule has 16 heavy (non-hydrogen) atoms. The largest absolute Gasteiger partial charge is 0.355 e. The smallest absolute Gasteiger partial charge is 0.233 e. The Morgan fingerprint density at radius 1 is 1.19 bits per heavy atom. The van der Waals surface area contributed by atoms with Gasteiger partial charge in [0.25, 0.3) is 0 Å². The Morgan fingerprint density at radius 3 is 2.50 bits per heavy atom. The van der Waals surface area contributed by atoms with Crippen molar-refractivity contribution in [1.29, 1.82) is 0 Å². The molecule has 0 aromatic heterocycles. The molecule has 0 unspecified atom stereocenters. The minimum atomic E-state index is 0.151. The number of carbonyl (C=O) groups is 1. The molecule has 0 saturated heterocycles. The third kappa shape index (κ3) is 6.11. The summed E-state index contributed by atoms with van der Waals surface area (Å²) in [7, 11) is 0. The molecule has 0 aromatic rings. The molecule has 3 nitrogen and oxygen atoms in total. The van der Waals surface area contributed by atoms with Crippen LogP contribution in [0.5, 0.6) is 0 Å². The van der Waals surface area contributed by atoms with E-state index in [2.05, 4.69) is 17.6 Å². The van der Waals surface area contributed by atoms with Crippen molar-refractivity contribution < 1.29 is 4.79 Å². The maximum absolute atomic E-state index is 11.5. The molecular formula is C13H26N2O. The standard InChI is InChI=1S/C13H26N2O/c1-2-3-10-14-13(16)11-15-12-8-6-4-5-7-9-12/h12,15H,2-11H2,1H3,(H,14,16). The van der Waals surface area contributed by atoms with Gasteiger partial charge in [0.15, 0.2) is 0 Å². The van der Waals surface area contributed by atoms with E-state index in [-0.39, 0.29) is 5.91 Å². The summed E-state index contributed by atoms with van der Waals surface area (Å²) in [6.07, 6.45) is 10.0. The van der Waals surface area contributed by atoms with Crippen LogP contribution in [0, 0.1) is 0 Å². The van der Waals surface area contributed by atoms with Gasteiger partial charge in [0, 0.05) is 12.6 Å². The van der Waals surface area contributed by atoms with Crippen molar-refractivity contribution in [2.75, 3.05) is 13.1 Å². The van der Waals surface area contributed by atoms with E-state index >= 15 is 0 Å². The maximum atomic E-state index is 11.5. The van der Waals surface area contributed by atoms with Crippen molar-refractivity contribution >= 4 is 5.91 Å². The van der Waals surface area contributed by atoms with E-state index in [1.807, 2.05) is 0 Å². The molecule has 1 rings (SSSR count). The lowest BCUT2D eigenvalue weighted by atomic mass is 10.1. The molecule has 0 aliphatic heterocycles. The van der Waals surface area contributed by atoms with E-state index in [4.69, 9.17) is 0 Å². The molecule has 1 aliphatic rings. The third-order valence-electron chi connectivity index (χ3n) is 3.26. The van der Waals surface area contributed by atoms with Crippen LogP contribution in [0.2, 0.25) is 0 Å². The van der Waals surface area contributed by atoms with Crippen molar-refractivity contribution in [1.82, 2.24) is 10.6 Å². The topological polar surface area (TPSA) is 41.1 Å². The lowest BCUT2D eigenvalue weighted by molar-refractivity contribution is -0.120. The van der Waals surface area contributed by atoms with Gasteiger partial charge < -0.3 is 10.6 Å². The molecule has 3 heteroatoms. The van der Waals surface area contributed by atoms with Crippen LogP contribution in [0.1, 0.15) is 58.3 Å². The molecule has 0 aromatic carbocycles. The molecule has 0 bridgehead atoms. The Labute approximate surface area is 99.4 Å². The van der Waals surface area contributed by atoms with E-state index in [9.17, 15) is 4.79 Å². The minimum Gasteiger partial charge on any atom is -0.355 e. The zero-order valence-electron chi connectivity index (χ0n) is 10.6. The van der Waals surface area contributed by atoms with Crippen LogP contribution in [0.3, 0.4) is 0 Å². The van der Waals surface area contributed by atoms with Crippen molar-refractivity contribution in [2.24, 2.45) is 0 Å². The number of amides is 1. The van der Waals surface area contributed by atoms with Gasteiger partial charge in [-0.05, 0) is 19.3 Å². The van der Waals surface area contributed by atoms with Crippen LogP contribution in [0.4, 0.5) is 0 Å². The molecule has 94 valence electrons. The maximum Gasteiger partial charge on any atom is 0.233 e. The SMILES string of the molecule is CCCCNC(=O)CNC1CCCCCC1. The fourth-order valence-electron chi connectivity index (χ4n) is 2.19. The van der Waals surface area contributed by atoms with Gasteiger partial charge >= 0.3 is 0 Å². The van der Waals surface area contributed by atoms with Crippen LogP contribution in [-0.2, 0) is 4.79 Å². The van der Waals surface area contributed by atoms with Crippen LogP contribution in [-0.4, -0.2) is 25.0 Å². The summed E-state index contributed by atoms with van der Waals surface area (Å²) in [5.74, 6) is 0.151. The Kier molecular flexibility index (Phi) is 7.23. The first-order valence-corrected chi connectivity index (χ1v) is 6.83. The highest BCUT2D eigenvalue weighted by Gasteiger charge is 2.12. The van der Waals surface area contributed by atoms with Gasteiger partial charge in [0.1, 0.15) is 0 Å². The van der Waals surface area contributed by atoms with Crippen LogP contribution < -0.4 is 10.6 Å². The summed E-state index contributed by atoms with van der Waals surface area (Å²) in [6, 6.07) is 0.569. The van der Waals surface area contributed by atoms with Crippen molar-refractivity contribution in [3.05, 3.63) is 0 Å². The highest BCUT2D eigenvalue weighted by atomic mass is 16.1. The van der Waals surface area contributed by atoms with Crippen LogP contribution in [0.15, 0.2) is 0 Å². The van der Waals surface area contributed by atoms with Gasteiger partial charge in [0.05, 0.1) is 6.54 Å². The number of hydrogen-bond donors (Lipinski definition) is 2. The Bertz CT molecular complexity index is 186. The molecule has 1 aliphatic carbocycles. The Morgan fingerprint density at radius 2 is 1.88 bits per heavy atom. The van der Waals surface area contributed by atoms with E-state index in [1.54, 1.807) is 0 Å². The first kappa shape index (κ1) is 13.5. The highest BCUT2D eigenvalue weighted by molar-refractivity contribution is 5.77. The predicted molar refractivity (Wildman–Crippen MR) is 67.4 cm³/mol. The molecule has 2 N–H and O–H groups in total. The van der Waals surface area contributed by atoms with Gasteiger partial charge in [0.2, 0.25) is 5.91 Å². The van der Waals surface area contributed by atoms with E-state index in [0.29, 0.717) is 12.6 Å². The zero-order valence-corrected chi connectivity index (χ0v) is 10.6. The second-order valence-corrected chi connectivity index (χ2v) is 4.77. The quantitative estimate of drug-likeness (QED) is 0.538. The number of nitrogens with one attached hydrogen (secondary N) is 2. The zero-order chi connectivity index (χ0) is 11.6. The highest BCUT2D eigenvalue weighted by Crippen LogP contribution is 2.16. The summed E-state index contributed by atoms with van der Waals surface area (Å²) in [4.78, 5) is 11.5. The fourth-order valence-corrected chi connectivity index (χ4v) is 2.19. The lowest BCUT2D eigenvalue weighted by Crippen LogP contribution is -2.39. The third-order valence-corrected chi connectivity index (χ3v) is 3.26. The Balaban J connectivity index is 2.05. The molecule has 1 saturated carbocycles. The van der Waals surface area contributed by atoms with Crippen LogP contribution in [0.25, 0.3) is 0 Å². The molecule has 0 radical (unpaired) electrons. The Hall–Kier alpha value is -0.570. The van der Waals surface area contributed by atoms with E-state index < -0.39 is 0 Å². The molecular weight excluding hydrogens is 200 g/mol. The first-order valence-electron chi connectivity index (χ1n) is 6.83. The van der Waals surface area contributed by atoms with Gasteiger partial charge in [-0.15, -0.1) is 0 Å². The predicted octanol–water partition coefficient (Wildman–Crippen LogP) is 2.22. The number of carbonyl (C=O) groups excluding carboxylic acids is 1. The molecule has 0 spiro atoms. The molecule has 1 fully saturated rings. The van der Waals surface area contributed by atoms with Crippen LogP contribution >= 0.6 is 0 Å². The average molecular weight is 226 g/mol. The molecule has 0 heterocycles. The lowest BCUT2D eigenvalue weighted by Gasteiger charge is -2.15. The summed E-state index contributed by atoms with van der Waals surface area (Å²) in [6.45, 7) is 3.45. The average Bonchev–Trinajstić information content (AvgIpc) is 2.55. The fraction of sp³-hybridized carbons (Fsp3) is 0.923. The van der Waals surface area contributed by atoms with Crippen molar-refractivity contribution in [2.45, 2.75) is 64.3 Å². The van der Waals surface area contributed by atoms with E-state index in [0.717, 1.165) is 19.4 Å².